The summed E-state index contributed by atoms with van der Waals surface area (Å²) in [6.45, 7) is 8.47. The van der Waals surface area contributed by atoms with Crippen LogP contribution in [0.25, 0.3) is 0 Å². The Kier molecular flexibility index (Phi) is 29.0. The van der Waals surface area contributed by atoms with Crippen molar-refractivity contribution in [3.63, 3.8) is 0 Å². The molecule has 0 aromatic heterocycles. The summed E-state index contributed by atoms with van der Waals surface area (Å²) in [4.78, 5) is 25.5. The zero-order chi connectivity index (χ0) is 23.2. The summed E-state index contributed by atoms with van der Waals surface area (Å²) in [7, 11) is 0. The van der Waals surface area contributed by atoms with E-state index in [9.17, 15) is 19.8 Å². The van der Waals surface area contributed by atoms with E-state index >= 15 is 0 Å². The molecule has 0 saturated heterocycles. The molecule has 0 fully saturated rings. The van der Waals surface area contributed by atoms with Crippen LogP contribution in [0.15, 0.2) is 0 Å². The molecule has 29 heavy (non-hydrogen) atoms. The molecular formula is C22H44O4S2Sn. The normalized spacial score (nSPS) is 14.1. The van der Waals surface area contributed by atoms with E-state index in [0.717, 1.165) is 25.7 Å². The molecule has 4 atom stereocenters. The van der Waals surface area contributed by atoms with Gasteiger partial charge in [0.25, 0.3) is 0 Å². The average molecular weight is 555 g/mol. The first-order valence-electron chi connectivity index (χ1n) is 11.0. The number of carbonyl (C=O) groups is 2. The molecule has 0 aliphatic heterocycles. The fraction of sp³-hybridized carbons (Fsp3) is 0.909. The van der Waals surface area contributed by atoms with E-state index in [2.05, 4.69) is 62.8 Å². The van der Waals surface area contributed by atoms with Crippen molar-refractivity contribution >= 4 is 58.3 Å². The molecule has 172 valence electrons. The van der Waals surface area contributed by atoms with Crippen molar-refractivity contribution in [1.82, 2.24) is 0 Å². The first kappa shape index (κ1) is 34.1. The van der Waals surface area contributed by atoms with Gasteiger partial charge in [0.15, 0.2) is 0 Å². The van der Waals surface area contributed by atoms with Crippen LogP contribution < -0.4 is 10.2 Å². The zero-order valence-electron chi connectivity index (χ0n) is 19.4. The van der Waals surface area contributed by atoms with Crippen LogP contribution in [-0.2, 0) is 9.59 Å². The van der Waals surface area contributed by atoms with Crippen LogP contribution in [0, 0.1) is 11.8 Å². The molecule has 0 saturated carbocycles. The third kappa shape index (κ3) is 24.6. The van der Waals surface area contributed by atoms with E-state index in [1.54, 1.807) is 0 Å². The molecular weight excluding hydrogens is 511 g/mol. The van der Waals surface area contributed by atoms with E-state index in [0.29, 0.717) is 24.7 Å². The first-order valence-corrected chi connectivity index (χ1v) is 17.7. The van der Waals surface area contributed by atoms with Crippen molar-refractivity contribution in [2.45, 2.75) is 112 Å². The SMILES string of the molecule is CCCCC(CC)CC(S)C(=O)[O-].CCCCC(CC)CC(S)C(=O)[O-].[CH3][Sn+2][CH3]. The van der Waals surface area contributed by atoms with E-state index in [-0.39, 0.29) is 21.1 Å². The molecule has 0 heterocycles. The molecule has 0 N–H and O–H groups in total. The summed E-state index contributed by atoms with van der Waals surface area (Å²) in [5.41, 5.74) is 0. The topological polar surface area (TPSA) is 80.3 Å². The Hall–Kier alpha value is 0.439. The second kappa shape index (κ2) is 24.7. The molecule has 0 bridgehead atoms. The van der Waals surface area contributed by atoms with E-state index in [1.165, 1.54) is 25.7 Å². The molecule has 0 spiro atoms. The fourth-order valence-corrected chi connectivity index (χ4v) is 3.38. The maximum absolute atomic E-state index is 10.4. The Balaban J connectivity index is -0.000000410. The van der Waals surface area contributed by atoms with Gasteiger partial charge < -0.3 is 19.8 Å². The van der Waals surface area contributed by atoms with Gasteiger partial charge in [-0.25, -0.2) is 0 Å². The molecule has 0 rings (SSSR count). The molecule has 4 unspecified atom stereocenters. The maximum atomic E-state index is 10.4. The Morgan fingerprint density at radius 3 is 1.21 bits per heavy atom. The predicted molar refractivity (Wildman–Crippen MR) is 129 cm³/mol. The number of carboxylic acid groups (broad SMARTS) is 2. The number of rotatable bonds is 14. The van der Waals surface area contributed by atoms with Crippen LogP contribution in [0.4, 0.5) is 0 Å². The van der Waals surface area contributed by atoms with Gasteiger partial charge in [0.2, 0.25) is 0 Å². The molecule has 0 amide bonds. The Morgan fingerprint density at radius 1 is 0.759 bits per heavy atom. The second-order valence-corrected chi connectivity index (χ2v) is 11.6. The number of hydrogen-bond acceptors (Lipinski definition) is 6. The average Bonchev–Trinajstić information content (AvgIpc) is 2.68. The number of thiol groups is 2. The summed E-state index contributed by atoms with van der Waals surface area (Å²) >= 11 is 8.19. The van der Waals surface area contributed by atoms with Crippen molar-refractivity contribution in [3.05, 3.63) is 0 Å². The Labute approximate surface area is 201 Å². The van der Waals surface area contributed by atoms with Gasteiger partial charge in [-0.15, -0.1) is 0 Å². The summed E-state index contributed by atoms with van der Waals surface area (Å²) in [6, 6.07) is 0. The van der Waals surface area contributed by atoms with Crippen molar-refractivity contribution in [3.8, 4) is 0 Å². The number of unbranched alkanes of at least 4 members (excludes halogenated alkanes) is 2. The predicted octanol–water partition coefficient (Wildman–Crippen LogP) is 4.07. The van der Waals surface area contributed by atoms with Crippen LogP contribution in [0.3, 0.4) is 0 Å². The van der Waals surface area contributed by atoms with Crippen LogP contribution in [0.1, 0.15) is 91.9 Å². The van der Waals surface area contributed by atoms with Crippen LogP contribution >= 0.6 is 25.3 Å². The monoisotopic (exact) mass is 556 g/mol. The third-order valence-electron chi connectivity index (χ3n) is 4.74. The molecule has 0 aromatic rings. The summed E-state index contributed by atoms with van der Waals surface area (Å²) < 4.78 is 0. The standard InChI is InChI=1S/2C10H20O2S.2CH3.Sn/c2*1-3-5-6-8(4-2)7-9(13)10(11)12;;;/h2*8-9,13H,3-7H2,1-2H3,(H,11,12);2*1H3;/q;;;;+2/p-2. The van der Waals surface area contributed by atoms with Gasteiger partial charge in [0, 0.05) is 10.5 Å². The molecule has 4 nitrogen and oxygen atoms in total. The van der Waals surface area contributed by atoms with Gasteiger partial charge in [0.05, 0.1) is 11.9 Å². The van der Waals surface area contributed by atoms with E-state index in [1.807, 2.05) is 0 Å². The van der Waals surface area contributed by atoms with Gasteiger partial charge in [-0.05, 0) is 24.7 Å². The Morgan fingerprint density at radius 2 is 1.03 bits per heavy atom. The number of hydrogen-bond donors (Lipinski definition) is 2. The minimum atomic E-state index is -1.04. The number of carbonyl (C=O) groups excluding carboxylic acids is 2. The third-order valence-corrected chi connectivity index (χ3v) is 5.59. The molecule has 0 aliphatic rings. The van der Waals surface area contributed by atoms with Crippen LogP contribution in [0.2, 0.25) is 9.88 Å². The quantitative estimate of drug-likeness (QED) is 0.250. The summed E-state index contributed by atoms with van der Waals surface area (Å²) in [6.07, 6.45) is 10.2. The van der Waals surface area contributed by atoms with Crippen molar-refractivity contribution in [2.24, 2.45) is 11.8 Å². The molecule has 0 aliphatic carbocycles. The van der Waals surface area contributed by atoms with Gasteiger partial charge in [0.1, 0.15) is 0 Å². The number of aliphatic carboxylic acids is 2. The van der Waals surface area contributed by atoms with Crippen LogP contribution in [0.5, 0.6) is 0 Å². The second-order valence-electron chi connectivity index (χ2n) is 7.47. The van der Waals surface area contributed by atoms with Gasteiger partial charge in [-0.3, -0.25) is 0 Å². The minimum absolute atomic E-state index is 0.230. The van der Waals surface area contributed by atoms with Gasteiger partial charge in [-0.2, -0.15) is 25.3 Å². The molecule has 0 radical (unpaired) electrons. The first-order chi connectivity index (χ1) is 13.6. The fourth-order valence-electron chi connectivity index (χ4n) is 2.79. The van der Waals surface area contributed by atoms with Crippen LogP contribution in [-0.4, -0.2) is 43.6 Å². The number of carboxylic acids is 2. The summed E-state index contributed by atoms with van der Waals surface area (Å²) in [5.74, 6) is -1.11. The summed E-state index contributed by atoms with van der Waals surface area (Å²) in [5, 5.41) is 19.7. The van der Waals surface area contributed by atoms with Crippen molar-refractivity contribution in [2.75, 3.05) is 0 Å². The zero-order valence-corrected chi connectivity index (χ0v) is 24.1. The van der Waals surface area contributed by atoms with Crippen molar-refractivity contribution < 1.29 is 19.8 Å². The van der Waals surface area contributed by atoms with E-state index in [4.69, 9.17) is 0 Å². The molecule has 0 aromatic carbocycles. The van der Waals surface area contributed by atoms with E-state index < -0.39 is 22.4 Å². The Bertz CT molecular complexity index is 350. The molecule has 7 heteroatoms. The van der Waals surface area contributed by atoms with Crippen molar-refractivity contribution in [1.29, 1.82) is 0 Å². The van der Waals surface area contributed by atoms with Gasteiger partial charge in [-0.1, -0.05) is 79.1 Å². The van der Waals surface area contributed by atoms with Gasteiger partial charge >= 0.3 is 31.0 Å².